The SMILES string of the molecule is CCCC=CC1OCCC(C)O1. The fourth-order valence-electron chi connectivity index (χ4n) is 1.16. The number of hydrogen-bond donors (Lipinski definition) is 0. The second-order valence-electron chi connectivity index (χ2n) is 3.19. The van der Waals surface area contributed by atoms with Crippen LogP contribution in [0.3, 0.4) is 0 Å². The van der Waals surface area contributed by atoms with Crippen molar-refractivity contribution in [2.24, 2.45) is 0 Å². The second kappa shape index (κ2) is 5.33. The molecular formula is C10H18O2. The van der Waals surface area contributed by atoms with Crippen LogP contribution >= 0.6 is 0 Å². The first kappa shape index (κ1) is 9.75. The van der Waals surface area contributed by atoms with Gasteiger partial charge in [0.25, 0.3) is 0 Å². The molecule has 0 saturated carbocycles. The van der Waals surface area contributed by atoms with E-state index in [9.17, 15) is 0 Å². The number of unbranched alkanes of at least 4 members (excludes halogenated alkanes) is 1. The van der Waals surface area contributed by atoms with E-state index in [1.54, 1.807) is 0 Å². The van der Waals surface area contributed by atoms with E-state index in [4.69, 9.17) is 9.47 Å². The topological polar surface area (TPSA) is 18.5 Å². The fraction of sp³-hybridized carbons (Fsp3) is 0.800. The van der Waals surface area contributed by atoms with Gasteiger partial charge in [-0.25, -0.2) is 0 Å². The van der Waals surface area contributed by atoms with Gasteiger partial charge in [-0.05, 0) is 25.8 Å². The molecule has 0 aromatic rings. The molecule has 0 amide bonds. The van der Waals surface area contributed by atoms with E-state index in [1.165, 1.54) is 6.42 Å². The maximum absolute atomic E-state index is 5.52. The Kier molecular flexibility index (Phi) is 4.33. The predicted molar refractivity (Wildman–Crippen MR) is 49.0 cm³/mol. The Morgan fingerprint density at radius 1 is 1.50 bits per heavy atom. The zero-order chi connectivity index (χ0) is 8.81. The maximum Gasteiger partial charge on any atom is 0.177 e. The third-order valence-corrected chi connectivity index (χ3v) is 1.92. The van der Waals surface area contributed by atoms with Crippen LogP contribution in [0.25, 0.3) is 0 Å². The molecular weight excluding hydrogens is 152 g/mol. The Morgan fingerprint density at radius 3 is 3.00 bits per heavy atom. The molecule has 2 unspecified atom stereocenters. The van der Waals surface area contributed by atoms with Gasteiger partial charge in [0.05, 0.1) is 12.7 Å². The molecule has 1 heterocycles. The molecule has 2 nitrogen and oxygen atoms in total. The van der Waals surface area contributed by atoms with Crippen molar-refractivity contribution in [3.63, 3.8) is 0 Å². The van der Waals surface area contributed by atoms with Crippen LogP contribution in [0, 0.1) is 0 Å². The second-order valence-corrected chi connectivity index (χ2v) is 3.19. The third-order valence-electron chi connectivity index (χ3n) is 1.92. The van der Waals surface area contributed by atoms with E-state index in [-0.39, 0.29) is 6.29 Å². The van der Waals surface area contributed by atoms with Gasteiger partial charge < -0.3 is 9.47 Å². The van der Waals surface area contributed by atoms with Gasteiger partial charge in [-0.15, -0.1) is 0 Å². The van der Waals surface area contributed by atoms with Gasteiger partial charge in [0.1, 0.15) is 0 Å². The zero-order valence-electron chi connectivity index (χ0n) is 7.95. The quantitative estimate of drug-likeness (QED) is 0.606. The molecule has 1 rings (SSSR count). The zero-order valence-corrected chi connectivity index (χ0v) is 7.95. The molecule has 0 spiro atoms. The van der Waals surface area contributed by atoms with E-state index in [0.29, 0.717) is 6.10 Å². The van der Waals surface area contributed by atoms with Crippen LogP contribution in [-0.2, 0) is 9.47 Å². The van der Waals surface area contributed by atoms with Crippen molar-refractivity contribution in [2.45, 2.75) is 45.5 Å². The molecule has 1 aliphatic rings. The van der Waals surface area contributed by atoms with Gasteiger partial charge in [-0.2, -0.15) is 0 Å². The Bertz CT molecular complexity index is 143. The van der Waals surface area contributed by atoms with Gasteiger partial charge in [-0.3, -0.25) is 0 Å². The Labute approximate surface area is 74.6 Å². The number of ether oxygens (including phenoxy) is 2. The highest BCUT2D eigenvalue weighted by atomic mass is 16.7. The van der Waals surface area contributed by atoms with E-state index in [1.807, 2.05) is 6.08 Å². The summed E-state index contributed by atoms with van der Waals surface area (Å²) in [6.07, 6.45) is 7.69. The lowest BCUT2D eigenvalue weighted by Crippen LogP contribution is -2.28. The maximum atomic E-state index is 5.52. The molecule has 2 atom stereocenters. The highest BCUT2D eigenvalue weighted by molar-refractivity contribution is 4.86. The van der Waals surface area contributed by atoms with Crippen LogP contribution in [0.5, 0.6) is 0 Å². The van der Waals surface area contributed by atoms with E-state index in [0.717, 1.165) is 19.4 Å². The molecule has 0 aliphatic carbocycles. The molecule has 1 fully saturated rings. The largest absolute Gasteiger partial charge is 0.349 e. The molecule has 70 valence electrons. The number of hydrogen-bond acceptors (Lipinski definition) is 2. The van der Waals surface area contributed by atoms with Crippen molar-refractivity contribution in [2.75, 3.05) is 6.61 Å². The summed E-state index contributed by atoms with van der Waals surface area (Å²) < 4.78 is 10.9. The molecule has 1 saturated heterocycles. The van der Waals surface area contributed by atoms with Crippen LogP contribution in [0.4, 0.5) is 0 Å². The molecule has 2 heteroatoms. The summed E-state index contributed by atoms with van der Waals surface area (Å²) in [5.41, 5.74) is 0. The molecule has 1 aliphatic heterocycles. The minimum atomic E-state index is -0.0969. The van der Waals surface area contributed by atoms with E-state index < -0.39 is 0 Å². The summed E-state index contributed by atoms with van der Waals surface area (Å²) in [5, 5.41) is 0. The average Bonchev–Trinajstić information content (AvgIpc) is 2.05. The smallest absolute Gasteiger partial charge is 0.177 e. The van der Waals surface area contributed by atoms with Crippen LogP contribution in [-0.4, -0.2) is 19.0 Å². The molecule has 0 radical (unpaired) electrons. The highest BCUT2D eigenvalue weighted by Crippen LogP contribution is 2.12. The molecule has 0 aromatic heterocycles. The van der Waals surface area contributed by atoms with Crippen molar-refractivity contribution >= 4 is 0 Å². The monoisotopic (exact) mass is 170 g/mol. The van der Waals surface area contributed by atoms with Crippen molar-refractivity contribution in [1.82, 2.24) is 0 Å². The lowest BCUT2D eigenvalue weighted by Gasteiger charge is -2.25. The van der Waals surface area contributed by atoms with Crippen molar-refractivity contribution in [3.8, 4) is 0 Å². The lowest BCUT2D eigenvalue weighted by atomic mass is 10.2. The first-order valence-corrected chi connectivity index (χ1v) is 4.76. The minimum absolute atomic E-state index is 0.0969. The predicted octanol–water partition coefficient (Wildman–Crippen LogP) is 2.49. The van der Waals surface area contributed by atoms with Crippen molar-refractivity contribution in [3.05, 3.63) is 12.2 Å². The van der Waals surface area contributed by atoms with Gasteiger partial charge in [0, 0.05) is 0 Å². The summed E-state index contributed by atoms with van der Waals surface area (Å²) in [5.74, 6) is 0. The van der Waals surface area contributed by atoms with Crippen molar-refractivity contribution in [1.29, 1.82) is 0 Å². The van der Waals surface area contributed by atoms with Gasteiger partial charge in [-0.1, -0.05) is 19.4 Å². The Hall–Kier alpha value is -0.340. The Morgan fingerprint density at radius 2 is 2.33 bits per heavy atom. The third kappa shape index (κ3) is 3.37. The van der Waals surface area contributed by atoms with Gasteiger partial charge >= 0.3 is 0 Å². The first-order chi connectivity index (χ1) is 5.83. The van der Waals surface area contributed by atoms with E-state index in [2.05, 4.69) is 19.9 Å². The summed E-state index contributed by atoms with van der Waals surface area (Å²) in [6.45, 7) is 5.07. The number of allylic oxidation sites excluding steroid dienone is 1. The summed E-state index contributed by atoms with van der Waals surface area (Å²) in [4.78, 5) is 0. The van der Waals surface area contributed by atoms with Crippen LogP contribution in [0.2, 0.25) is 0 Å². The molecule has 0 bridgehead atoms. The van der Waals surface area contributed by atoms with Gasteiger partial charge in [0.2, 0.25) is 0 Å². The van der Waals surface area contributed by atoms with Gasteiger partial charge in [0.15, 0.2) is 6.29 Å². The number of rotatable bonds is 3. The fourth-order valence-corrected chi connectivity index (χ4v) is 1.16. The average molecular weight is 170 g/mol. The normalized spacial score (nSPS) is 31.2. The summed E-state index contributed by atoms with van der Waals surface area (Å²) in [7, 11) is 0. The van der Waals surface area contributed by atoms with Crippen LogP contribution < -0.4 is 0 Å². The standard InChI is InChI=1S/C10H18O2/c1-3-4-5-6-10-11-8-7-9(2)12-10/h5-6,9-10H,3-4,7-8H2,1-2H3. The molecule has 12 heavy (non-hydrogen) atoms. The first-order valence-electron chi connectivity index (χ1n) is 4.76. The molecule has 0 aromatic carbocycles. The summed E-state index contributed by atoms with van der Waals surface area (Å²) in [6, 6.07) is 0. The Balaban J connectivity index is 2.22. The summed E-state index contributed by atoms with van der Waals surface area (Å²) >= 11 is 0. The van der Waals surface area contributed by atoms with Crippen LogP contribution in [0.1, 0.15) is 33.1 Å². The van der Waals surface area contributed by atoms with E-state index >= 15 is 0 Å². The van der Waals surface area contributed by atoms with Crippen LogP contribution in [0.15, 0.2) is 12.2 Å². The lowest BCUT2D eigenvalue weighted by molar-refractivity contribution is -0.181. The highest BCUT2D eigenvalue weighted by Gasteiger charge is 2.16. The molecule has 0 N–H and O–H groups in total. The van der Waals surface area contributed by atoms with Crippen molar-refractivity contribution < 1.29 is 9.47 Å². The minimum Gasteiger partial charge on any atom is -0.349 e.